The van der Waals surface area contributed by atoms with Crippen molar-refractivity contribution < 1.29 is 34.2 Å². The van der Waals surface area contributed by atoms with Gasteiger partial charge in [-0.25, -0.2) is 4.79 Å². The molecule has 0 radical (unpaired) electrons. The maximum Gasteiger partial charge on any atom is 0.326 e. The minimum Gasteiger partial charge on any atom is -0.480 e. The van der Waals surface area contributed by atoms with Crippen LogP contribution in [-0.2, 0) is 24.0 Å². The maximum atomic E-state index is 12.6. The summed E-state index contributed by atoms with van der Waals surface area (Å²) >= 11 is 0. The predicted molar refractivity (Wildman–Crippen MR) is 117 cm³/mol. The van der Waals surface area contributed by atoms with Crippen LogP contribution in [-0.4, -0.2) is 82.6 Å². The van der Waals surface area contributed by atoms with Crippen LogP contribution in [0.2, 0.25) is 0 Å². The molecule has 0 aromatic rings. The average Bonchev–Trinajstić information content (AvgIpc) is 2.71. The molecule has 0 saturated carbocycles. The second-order valence-electron chi connectivity index (χ2n) is 7.41. The van der Waals surface area contributed by atoms with Crippen molar-refractivity contribution in [2.45, 2.75) is 69.8 Å². The van der Waals surface area contributed by atoms with Crippen LogP contribution in [0.15, 0.2) is 4.99 Å². The summed E-state index contributed by atoms with van der Waals surface area (Å²) in [6.07, 6.45) is -1.39. The van der Waals surface area contributed by atoms with Gasteiger partial charge in [0.2, 0.25) is 23.6 Å². The Morgan fingerprint density at radius 2 is 1.45 bits per heavy atom. The van der Waals surface area contributed by atoms with Crippen molar-refractivity contribution in [3.8, 4) is 0 Å². The number of carboxylic acid groups (broad SMARTS) is 1. The number of hydrogen-bond acceptors (Lipinski definition) is 8. The summed E-state index contributed by atoms with van der Waals surface area (Å²) in [5.41, 5.74) is 21.0. The van der Waals surface area contributed by atoms with Crippen LogP contribution in [0, 0.1) is 0 Å². The Labute approximate surface area is 190 Å². The molecule has 0 aliphatic rings. The topological polar surface area (TPSA) is 278 Å². The number of aliphatic imine (C=N–C) groups is 1. The lowest BCUT2D eigenvalue weighted by molar-refractivity contribution is -0.142. The Morgan fingerprint density at radius 3 is 1.94 bits per heavy atom. The molecule has 0 rings (SSSR count). The Bertz CT molecular complexity index is 739. The molecule has 188 valence electrons. The number of nitrogens with zero attached hydrogens (tertiary/aromatic N) is 1. The highest BCUT2D eigenvalue weighted by molar-refractivity contribution is 5.94. The lowest BCUT2D eigenvalue weighted by Crippen LogP contribution is -2.57. The van der Waals surface area contributed by atoms with Crippen molar-refractivity contribution in [1.29, 1.82) is 0 Å². The van der Waals surface area contributed by atoms with Gasteiger partial charge in [-0.3, -0.25) is 24.2 Å². The van der Waals surface area contributed by atoms with Gasteiger partial charge in [0, 0.05) is 13.0 Å². The predicted octanol–water partition coefficient (Wildman–Crippen LogP) is -4.43. The van der Waals surface area contributed by atoms with E-state index < -0.39 is 59.9 Å². The molecule has 15 nitrogen and oxygen atoms in total. The zero-order valence-electron chi connectivity index (χ0n) is 18.6. The van der Waals surface area contributed by atoms with Crippen molar-refractivity contribution in [3.05, 3.63) is 0 Å². The SMILES string of the molecule is CC(NC(=O)C(N)C(C)O)C(=O)NC(CCC(N)=O)C(=O)NC(CCCN=C(N)N)C(=O)O. The molecule has 5 atom stereocenters. The van der Waals surface area contributed by atoms with Gasteiger partial charge in [-0.15, -0.1) is 0 Å². The Kier molecular flexibility index (Phi) is 13.0. The Balaban J connectivity index is 5.19. The normalized spacial score (nSPS) is 15.2. The van der Waals surface area contributed by atoms with E-state index in [-0.39, 0.29) is 38.2 Å². The first kappa shape index (κ1) is 29.5. The van der Waals surface area contributed by atoms with E-state index in [9.17, 15) is 34.2 Å². The minimum absolute atomic E-state index is 0.00195. The smallest absolute Gasteiger partial charge is 0.326 e. The fraction of sp³-hybridized carbons (Fsp3) is 0.667. The Hall–Kier alpha value is -3.46. The van der Waals surface area contributed by atoms with E-state index in [0.29, 0.717) is 0 Å². The van der Waals surface area contributed by atoms with Gasteiger partial charge in [-0.05, 0) is 33.1 Å². The third kappa shape index (κ3) is 12.2. The monoisotopic (exact) mass is 474 g/mol. The molecule has 0 spiro atoms. The molecule has 15 heteroatoms. The molecule has 0 aromatic heterocycles. The number of aliphatic carboxylic acids is 1. The number of carbonyl (C=O) groups excluding carboxylic acids is 4. The third-order valence-corrected chi connectivity index (χ3v) is 4.45. The molecule has 5 unspecified atom stereocenters. The van der Waals surface area contributed by atoms with Crippen molar-refractivity contribution in [2.75, 3.05) is 6.54 Å². The van der Waals surface area contributed by atoms with Crippen molar-refractivity contribution in [3.63, 3.8) is 0 Å². The van der Waals surface area contributed by atoms with Crippen molar-refractivity contribution >= 4 is 35.6 Å². The lowest BCUT2D eigenvalue weighted by atomic mass is 10.1. The van der Waals surface area contributed by atoms with E-state index in [1.54, 1.807) is 0 Å². The summed E-state index contributed by atoms with van der Waals surface area (Å²) in [5, 5.41) is 25.6. The van der Waals surface area contributed by atoms with Gasteiger partial charge in [-0.1, -0.05) is 0 Å². The van der Waals surface area contributed by atoms with Crippen molar-refractivity contribution in [1.82, 2.24) is 16.0 Å². The van der Waals surface area contributed by atoms with Crippen molar-refractivity contribution in [2.24, 2.45) is 27.9 Å². The van der Waals surface area contributed by atoms with Gasteiger partial charge < -0.3 is 49.1 Å². The van der Waals surface area contributed by atoms with E-state index in [2.05, 4.69) is 20.9 Å². The first-order valence-electron chi connectivity index (χ1n) is 10.2. The number of hydrogen-bond donors (Lipinski definition) is 9. The number of nitrogens with two attached hydrogens (primary N) is 4. The fourth-order valence-electron chi connectivity index (χ4n) is 2.48. The summed E-state index contributed by atoms with van der Waals surface area (Å²) in [6, 6.07) is -5.04. The Morgan fingerprint density at radius 1 is 0.879 bits per heavy atom. The summed E-state index contributed by atoms with van der Waals surface area (Å²) in [6.45, 7) is 2.76. The number of carbonyl (C=O) groups is 5. The molecule has 33 heavy (non-hydrogen) atoms. The number of rotatable bonds is 15. The molecule has 0 saturated heterocycles. The van der Waals surface area contributed by atoms with Crippen LogP contribution in [0.1, 0.15) is 39.5 Å². The second-order valence-corrected chi connectivity index (χ2v) is 7.41. The maximum absolute atomic E-state index is 12.6. The quantitative estimate of drug-likeness (QED) is 0.0623. The minimum atomic E-state index is -1.32. The van der Waals surface area contributed by atoms with E-state index in [0.717, 1.165) is 0 Å². The molecule has 0 aliphatic carbocycles. The number of aliphatic hydroxyl groups excluding tert-OH is 1. The third-order valence-electron chi connectivity index (χ3n) is 4.45. The summed E-state index contributed by atoms with van der Waals surface area (Å²) in [4.78, 5) is 63.4. The van der Waals surface area contributed by atoms with Crippen LogP contribution < -0.4 is 38.9 Å². The standard InChI is InChI=1S/C18H34N8O7/c1-8(24-16(31)13(20)9(2)27)14(29)25-10(5-6-12(19)28)15(30)26-11(17(32)33)4-3-7-23-18(21)22/h8-11,13,27H,3-7,20H2,1-2H3,(H2,19,28)(H,24,31)(H,25,29)(H,26,30)(H,32,33)(H4,21,22,23). The summed E-state index contributed by atoms with van der Waals surface area (Å²) in [5.74, 6) is -4.67. The average molecular weight is 475 g/mol. The highest BCUT2D eigenvalue weighted by atomic mass is 16.4. The van der Waals surface area contributed by atoms with Crippen LogP contribution in [0.4, 0.5) is 0 Å². The molecule has 0 aliphatic heterocycles. The highest BCUT2D eigenvalue weighted by Crippen LogP contribution is 2.04. The van der Waals surface area contributed by atoms with Crippen LogP contribution in [0.3, 0.4) is 0 Å². The van der Waals surface area contributed by atoms with E-state index >= 15 is 0 Å². The molecule has 4 amide bonds. The molecule has 0 bridgehead atoms. The van der Waals surface area contributed by atoms with Gasteiger partial charge in [0.1, 0.15) is 24.2 Å². The van der Waals surface area contributed by atoms with Crippen LogP contribution in [0.5, 0.6) is 0 Å². The lowest BCUT2D eigenvalue weighted by Gasteiger charge is -2.24. The van der Waals surface area contributed by atoms with E-state index in [1.807, 2.05) is 0 Å². The number of nitrogens with one attached hydrogen (secondary N) is 3. The van der Waals surface area contributed by atoms with Crippen LogP contribution >= 0.6 is 0 Å². The summed E-state index contributed by atoms with van der Waals surface area (Å²) < 4.78 is 0. The van der Waals surface area contributed by atoms with Gasteiger partial charge in [0.05, 0.1) is 6.10 Å². The number of guanidine groups is 1. The van der Waals surface area contributed by atoms with Gasteiger partial charge in [0.25, 0.3) is 0 Å². The highest BCUT2D eigenvalue weighted by Gasteiger charge is 2.29. The number of aliphatic hydroxyl groups is 1. The van der Waals surface area contributed by atoms with Gasteiger partial charge in [0.15, 0.2) is 5.96 Å². The largest absolute Gasteiger partial charge is 0.480 e. The zero-order chi connectivity index (χ0) is 25.7. The number of amides is 4. The van der Waals surface area contributed by atoms with E-state index in [1.165, 1.54) is 13.8 Å². The molecular formula is C18H34N8O7. The molecule has 0 fully saturated rings. The molecular weight excluding hydrogens is 440 g/mol. The molecule has 0 heterocycles. The zero-order valence-corrected chi connectivity index (χ0v) is 18.6. The first-order valence-corrected chi connectivity index (χ1v) is 10.2. The van der Waals surface area contributed by atoms with Gasteiger partial charge in [-0.2, -0.15) is 0 Å². The second kappa shape index (κ2) is 14.6. The van der Waals surface area contributed by atoms with Gasteiger partial charge >= 0.3 is 5.97 Å². The van der Waals surface area contributed by atoms with E-state index in [4.69, 9.17) is 22.9 Å². The summed E-state index contributed by atoms with van der Waals surface area (Å²) in [7, 11) is 0. The molecule has 13 N–H and O–H groups in total. The number of carboxylic acids is 1. The van der Waals surface area contributed by atoms with Crippen LogP contribution in [0.25, 0.3) is 0 Å². The first-order chi connectivity index (χ1) is 15.3. The molecule has 0 aromatic carbocycles. The number of primary amides is 1. The fourth-order valence-corrected chi connectivity index (χ4v) is 2.48.